The van der Waals surface area contributed by atoms with Crippen LogP contribution in [-0.4, -0.2) is 36.2 Å². The molecule has 0 radical (unpaired) electrons. The van der Waals surface area contributed by atoms with Crippen molar-refractivity contribution in [2.45, 2.75) is 38.0 Å². The summed E-state index contributed by atoms with van der Waals surface area (Å²) < 4.78 is 0. The fourth-order valence-corrected chi connectivity index (χ4v) is 6.40. The molecule has 1 aliphatic heterocycles. The number of benzene rings is 4. The van der Waals surface area contributed by atoms with Gasteiger partial charge in [0, 0.05) is 22.7 Å². The van der Waals surface area contributed by atoms with E-state index in [4.69, 9.17) is 0 Å². The quantitative estimate of drug-likeness (QED) is 0.268. The highest BCUT2D eigenvalue weighted by Gasteiger charge is 2.31. The van der Waals surface area contributed by atoms with Crippen molar-refractivity contribution >= 4 is 17.4 Å². The number of amides is 1. The Kier molecular flexibility index (Phi) is 7.87. The van der Waals surface area contributed by atoms with E-state index < -0.39 is 0 Å². The number of likely N-dealkylation sites (tertiary alicyclic amines) is 1. The summed E-state index contributed by atoms with van der Waals surface area (Å²) in [5, 5.41) is 3.07. The summed E-state index contributed by atoms with van der Waals surface area (Å²) in [6.45, 7) is 3.14. The molecule has 1 amide bonds. The lowest BCUT2D eigenvalue weighted by atomic mass is 9.79. The van der Waals surface area contributed by atoms with Crippen LogP contribution < -0.4 is 5.32 Å². The van der Waals surface area contributed by atoms with E-state index in [1.807, 2.05) is 60.7 Å². The minimum atomic E-state index is -0.158. The van der Waals surface area contributed by atoms with Crippen molar-refractivity contribution in [3.8, 4) is 11.1 Å². The molecular formula is C36H36N2O2. The van der Waals surface area contributed by atoms with Gasteiger partial charge in [-0.1, -0.05) is 84.9 Å². The monoisotopic (exact) mass is 528 g/mol. The molecule has 6 rings (SSSR count). The highest BCUT2D eigenvalue weighted by Crippen LogP contribution is 2.32. The first kappa shape index (κ1) is 26.2. The number of hydrogen-bond donors (Lipinski definition) is 1. The van der Waals surface area contributed by atoms with Gasteiger partial charge in [0.05, 0.1) is 0 Å². The average molecular weight is 529 g/mol. The molecule has 0 bridgehead atoms. The summed E-state index contributed by atoms with van der Waals surface area (Å²) in [5.74, 6) is 0.710. The van der Waals surface area contributed by atoms with Gasteiger partial charge in [-0.15, -0.1) is 0 Å². The van der Waals surface area contributed by atoms with Crippen molar-refractivity contribution < 1.29 is 9.59 Å². The minimum Gasteiger partial charge on any atom is -0.322 e. The maximum atomic E-state index is 13.5. The Balaban J connectivity index is 1.07. The molecule has 2 aliphatic rings. The van der Waals surface area contributed by atoms with Crippen molar-refractivity contribution in [1.82, 2.24) is 4.90 Å². The number of nitrogens with one attached hydrogen (secondary N) is 1. The zero-order valence-corrected chi connectivity index (χ0v) is 22.9. The van der Waals surface area contributed by atoms with Crippen molar-refractivity contribution in [2.24, 2.45) is 5.92 Å². The van der Waals surface area contributed by atoms with Gasteiger partial charge in [0.2, 0.25) is 0 Å². The summed E-state index contributed by atoms with van der Waals surface area (Å²) >= 11 is 0. The molecule has 202 valence electrons. The van der Waals surface area contributed by atoms with E-state index in [1.165, 1.54) is 18.4 Å². The zero-order chi connectivity index (χ0) is 27.3. The van der Waals surface area contributed by atoms with Crippen LogP contribution in [0.25, 0.3) is 11.1 Å². The van der Waals surface area contributed by atoms with Gasteiger partial charge in [0.15, 0.2) is 5.78 Å². The van der Waals surface area contributed by atoms with Crippen LogP contribution in [0.5, 0.6) is 0 Å². The largest absolute Gasteiger partial charge is 0.322 e. The smallest absolute Gasteiger partial charge is 0.255 e. The summed E-state index contributed by atoms with van der Waals surface area (Å²) in [6, 6.07) is 34.5. The number of piperidine rings is 1. The number of carbonyl (C=O) groups is 2. The molecule has 4 aromatic carbocycles. The predicted molar refractivity (Wildman–Crippen MR) is 162 cm³/mol. The molecule has 4 heteroatoms. The first-order chi connectivity index (χ1) is 19.7. The molecule has 1 aliphatic carbocycles. The lowest BCUT2D eigenvalue weighted by molar-refractivity contribution is 0.0877. The first-order valence-electron chi connectivity index (χ1n) is 14.6. The summed E-state index contributed by atoms with van der Waals surface area (Å²) in [6.07, 6.45) is 4.81. The summed E-state index contributed by atoms with van der Waals surface area (Å²) in [4.78, 5) is 29.4. The second-order valence-electron chi connectivity index (χ2n) is 11.1. The second-order valence-corrected chi connectivity index (χ2v) is 11.1. The lowest BCUT2D eigenvalue weighted by Crippen LogP contribution is -2.36. The van der Waals surface area contributed by atoms with E-state index in [9.17, 15) is 9.59 Å². The highest BCUT2D eigenvalue weighted by molar-refractivity contribution is 6.09. The fraction of sp³-hybridized carbons (Fsp3) is 0.278. The van der Waals surface area contributed by atoms with Crippen LogP contribution in [0.3, 0.4) is 0 Å². The van der Waals surface area contributed by atoms with E-state index in [2.05, 4.69) is 52.7 Å². The number of fused-ring (bicyclic) bond motifs is 1. The van der Waals surface area contributed by atoms with Crippen LogP contribution in [0.1, 0.15) is 63.4 Å². The van der Waals surface area contributed by atoms with Gasteiger partial charge in [0.25, 0.3) is 5.91 Å². The molecule has 0 saturated carbocycles. The van der Waals surface area contributed by atoms with E-state index in [-0.39, 0.29) is 17.6 Å². The van der Waals surface area contributed by atoms with Crippen LogP contribution in [0, 0.1) is 5.92 Å². The van der Waals surface area contributed by atoms with Crippen LogP contribution in [0.15, 0.2) is 103 Å². The molecule has 0 spiro atoms. The number of ketones is 1. The van der Waals surface area contributed by atoms with Gasteiger partial charge in [-0.25, -0.2) is 0 Å². The molecule has 1 fully saturated rings. The predicted octanol–water partition coefficient (Wildman–Crippen LogP) is 7.62. The normalized spacial score (nSPS) is 17.8. The molecule has 4 aromatic rings. The molecule has 1 saturated heterocycles. The number of nitrogens with zero attached hydrogens (tertiary/aromatic N) is 1. The van der Waals surface area contributed by atoms with Gasteiger partial charge in [-0.3, -0.25) is 9.59 Å². The van der Waals surface area contributed by atoms with Crippen LogP contribution in [0.4, 0.5) is 5.69 Å². The van der Waals surface area contributed by atoms with Gasteiger partial charge in [0.1, 0.15) is 0 Å². The summed E-state index contributed by atoms with van der Waals surface area (Å²) in [5.41, 5.74) is 6.58. The molecule has 0 aromatic heterocycles. The summed E-state index contributed by atoms with van der Waals surface area (Å²) in [7, 11) is 0. The third-order valence-electron chi connectivity index (χ3n) is 8.68. The molecule has 1 heterocycles. The maximum Gasteiger partial charge on any atom is 0.255 e. The SMILES string of the molecule is O=C(Nc1cccc(-c2ccccc2)c1)c1cccc2c1CCC(CCN1CCC(c3ccccc3)CC1)C2=O. The molecule has 4 nitrogen and oxygen atoms in total. The third kappa shape index (κ3) is 5.78. The van der Waals surface area contributed by atoms with E-state index >= 15 is 0 Å². The second kappa shape index (κ2) is 12.0. The topological polar surface area (TPSA) is 49.4 Å². The van der Waals surface area contributed by atoms with Gasteiger partial charge >= 0.3 is 0 Å². The van der Waals surface area contributed by atoms with Crippen LogP contribution in [0.2, 0.25) is 0 Å². The number of carbonyl (C=O) groups excluding carboxylic acids is 2. The van der Waals surface area contributed by atoms with E-state index in [0.29, 0.717) is 11.5 Å². The standard InChI is InChI=1S/C36H36N2O2/c39-35-29(21-24-38-22-19-28(20-23-38)26-9-3-1-4-10-26)17-18-32-33(35)15-8-16-34(32)36(40)37-31-14-7-13-30(25-31)27-11-5-2-6-12-27/h1-16,25,28-29H,17-24H2,(H,37,40). The van der Waals surface area contributed by atoms with Crippen molar-refractivity contribution in [1.29, 1.82) is 0 Å². The lowest BCUT2D eigenvalue weighted by Gasteiger charge is -2.33. The highest BCUT2D eigenvalue weighted by atomic mass is 16.1. The van der Waals surface area contributed by atoms with Crippen molar-refractivity contribution in [3.05, 3.63) is 125 Å². The molecule has 1 N–H and O–H groups in total. The molecule has 40 heavy (non-hydrogen) atoms. The number of Topliss-reactive ketones (excluding diaryl/α,β-unsaturated/α-hetero) is 1. The number of hydrogen-bond acceptors (Lipinski definition) is 3. The minimum absolute atomic E-state index is 0.0280. The van der Waals surface area contributed by atoms with Gasteiger partial charge < -0.3 is 10.2 Å². The average Bonchev–Trinajstić information content (AvgIpc) is 3.02. The Morgan fingerprint density at radius 1 is 0.775 bits per heavy atom. The molecule has 1 unspecified atom stereocenters. The molecular weight excluding hydrogens is 492 g/mol. The Morgan fingerprint density at radius 3 is 2.25 bits per heavy atom. The number of rotatable bonds is 7. The van der Waals surface area contributed by atoms with Crippen molar-refractivity contribution in [3.63, 3.8) is 0 Å². The van der Waals surface area contributed by atoms with E-state index in [0.717, 1.165) is 66.8 Å². The Bertz CT molecular complexity index is 1470. The van der Waals surface area contributed by atoms with E-state index in [1.54, 1.807) is 0 Å². The van der Waals surface area contributed by atoms with Crippen LogP contribution >= 0.6 is 0 Å². The Morgan fingerprint density at radius 2 is 1.48 bits per heavy atom. The Hall–Kier alpha value is -4.02. The zero-order valence-electron chi connectivity index (χ0n) is 22.9. The first-order valence-corrected chi connectivity index (χ1v) is 14.6. The molecule has 1 atom stereocenters. The van der Waals surface area contributed by atoms with Crippen molar-refractivity contribution in [2.75, 3.05) is 25.0 Å². The number of anilines is 1. The Labute approximate surface area is 237 Å². The maximum absolute atomic E-state index is 13.5. The van der Waals surface area contributed by atoms with Crippen LogP contribution in [-0.2, 0) is 6.42 Å². The fourth-order valence-electron chi connectivity index (χ4n) is 6.40. The van der Waals surface area contributed by atoms with Gasteiger partial charge in [-0.2, -0.15) is 0 Å². The van der Waals surface area contributed by atoms with Gasteiger partial charge in [-0.05, 0) is 98.1 Å². The third-order valence-corrected chi connectivity index (χ3v) is 8.68.